The van der Waals surface area contributed by atoms with Gasteiger partial charge >= 0.3 is 12.3 Å². The maximum atomic E-state index is 13.0. The van der Waals surface area contributed by atoms with Crippen LogP contribution in [-0.2, 0) is 12.6 Å². The van der Waals surface area contributed by atoms with Gasteiger partial charge in [0.05, 0.1) is 17.5 Å². The molecule has 0 saturated carbocycles. The number of H-pyrrole nitrogens is 1. The Morgan fingerprint density at radius 1 is 1.23 bits per heavy atom. The van der Waals surface area contributed by atoms with Crippen molar-refractivity contribution < 1.29 is 27.6 Å². The Hall–Kier alpha value is -4.16. The van der Waals surface area contributed by atoms with E-state index in [1.165, 1.54) is 23.2 Å². The Kier molecular flexibility index (Phi) is 5.53. The normalized spacial score (nSPS) is 15.1. The Labute approximate surface area is 195 Å². The van der Waals surface area contributed by atoms with E-state index in [4.69, 9.17) is 9.63 Å². The van der Waals surface area contributed by atoms with Crippen LogP contribution in [0.3, 0.4) is 0 Å². The Morgan fingerprint density at radius 2 is 2.00 bits per heavy atom. The summed E-state index contributed by atoms with van der Waals surface area (Å²) < 4.78 is 45.8. The molecule has 1 amide bonds. The van der Waals surface area contributed by atoms with Crippen LogP contribution in [0.2, 0.25) is 0 Å². The predicted molar refractivity (Wildman–Crippen MR) is 115 cm³/mol. The van der Waals surface area contributed by atoms with E-state index in [0.717, 1.165) is 12.1 Å². The maximum Gasteiger partial charge on any atom is 0.416 e. The zero-order valence-corrected chi connectivity index (χ0v) is 18.1. The molecule has 0 spiro atoms. The van der Waals surface area contributed by atoms with Crippen molar-refractivity contribution >= 4 is 11.7 Å². The van der Waals surface area contributed by atoms with Crippen molar-refractivity contribution in [2.75, 3.05) is 13.1 Å². The van der Waals surface area contributed by atoms with Crippen LogP contribution in [0.1, 0.15) is 41.4 Å². The molecule has 1 fully saturated rings. The van der Waals surface area contributed by atoms with Gasteiger partial charge in [-0.1, -0.05) is 23.4 Å². The van der Waals surface area contributed by atoms with E-state index in [1.807, 2.05) is 0 Å². The smallest absolute Gasteiger partial charge is 0.416 e. The van der Waals surface area contributed by atoms with Gasteiger partial charge in [0.25, 0.3) is 11.4 Å². The number of carboxylic acid groups (broad SMARTS) is 1. The number of carbonyl (C=O) groups is 1. The van der Waals surface area contributed by atoms with Crippen molar-refractivity contribution in [1.29, 1.82) is 0 Å². The third-order valence-corrected chi connectivity index (χ3v) is 6.03. The molecule has 1 aromatic carbocycles. The van der Waals surface area contributed by atoms with Gasteiger partial charge in [-0.25, -0.2) is 9.31 Å². The second kappa shape index (κ2) is 8.56. The standard InChI is InChI=1S/C22H19F3N6O4/c23-22(24,25)14-3-1-2-12(8-14)9-17-27-20(35-29-17)15-11-26-31-16(10-18(32)28-19(15)31)13-4-6-30(7-5-13)21(33)34/h1-3,8,10-11,13H,4-7,9H2,(H,28,32)(H,33,34). The second-order valence-corrected chi connectivity index (χ2v) is 8.31. The molecule has 0 aliphatic carbocycles. The van der Waals surface area contributed by atoms with Crippen LogP contribution in [0, 0.1) is 0 Å². The highest BCUT2D eigenvalue weighted by Gasteiger charge is 2.30. The number of halogens is 3. The average Bonchev–Trinajstić information content (AvgIpc) is 3.45. The molecule has 0 bridgehead atoms. The van der Waals surface area contributed by atoms with E-state index in [2.05, 4.69) is 20.2 Å². The number of rotatable bonds is 4. The highest BCUT2D eigenvalue weighted by atomic mass is 19.4. The lowest BCUT2D eigenvalue weighted by Gasteiger charge is -2.30. The fourth-order valence-corrected chi connectivity index (χ4v) is 4.30. The van der Waals surface area contributed by atoms with Gasteiger partial charge in [-0.2, -0.15) is 23.3 Å². The molecule has 3 aromatic heterocycles. The molecular formula is C22H19F3N6O4. The summed E-state index contributed by atoms with van der Waals surface area (Å²) in [5.74, 6) is 0.177. The van der Waals surface area contributed by atoms with Crippen molar-refractivity contribution in [2.24, 2.45) is 0 Å². The zero-order chi connectivity index (χ0) is 24.7. The van der Waals surface area contributed by atoms with Crippen molar-refractivity contribution in [3.63, 3.8) is 0 Å². The molecule has 13 heteroatoms. The van der Waals surface area contributed by atoms with Gasteiger partial charge in [-0.05, 0) is 24.5 Å². The van der Waals surface area contributed by atoms with Gasteiger partial charge in [0, 0.05) is 31.5 Å². The molecule has 0 unspecified atom stereocenters. The number of likely N-dealkylation sites (tertiary alicyclic amines) is 1. The van der Waals surface area contributed by atoms with Crippen LogP contribution >= 0.6 is 0 Å². The van der Waals surface area contributed by atoms with E-state index in [0.29, 0.717) is 48.4 Å². The summed E-state index contributed by atoms with van der Waals surface area (Å²) in [4.78, 5) is 31.9. The van der Waals surface area contributed by atoms with Gasteiger partial charge in [0.2, 0.25) is 0 Å². The molecule has 1 aliphatic heterocycles. The molecule has 1 aliphatic rings. The topological polar surface area (TPSA) is 130 Å². The summed E-state index contributed by atoms with van der Waals surface area (Å²) in [6, 6.07) is 6.32. The Bertz CT molecular complexity index is 1450. The number of aromatic nitrogens is 5. The van der Waals surface area contributed by atoms with Crippen LogP contribution < -0.4 is 5.56 Å². The summed E-state index contributed by atoms with van der Waals surface area (Å²) in [7, 11) is 0. The van der Waals surface area contributed by atoms with Crippen LogP contribution in [0.15, 0.2) is 45.8 Å². The van der Waals surface area contributed by atoms with Crippen molar-refractivity contribution in [1.82, 2.24) is 29.6 Å². The predicted octanol–water partition coefficient (Wildman–Crippen LogP) is 3.54. The zero-order valence-electron chi connectivity index (χ0n) is 18.1. The number of hydrogen-bond donors (Lipinski definition) is 2. The average molecular weight is 488 g/mol. The summed E-state index contributed by atoms with van der Waals surface area (Å²) in [6.45, 7) is 0.704. The molecule has 5 rings (SSSR count). The highest BCUT2D eigenvalue weighted by molar-refractivity contribution is 5.71. The van der Waals surface area contributed by atoms with Crippen molar-refractivity contribution in [3.05, 3.63) is 69.5 Å². The second-order valence-electron chi connectivity index (χ2n) is 8.31. The van der Waals surface area contributed by atoms with E-state index in [-0.39, 0.29) is 29.6 Å². The minimum absolute atomic E-state index is 0.0244. The molecule has 4 aromatic rings. The number of nitrogens with zero attached hydrogens (tertiary/aromatic N) is 5. The summed E-state index contributed by atoms with van der Waals surface area (Å²) >= 11 is 0. The SMILES string of the molecule is O=C(O)N1CCC(c2cc(=O)[nH]c3c(-c4nc(Cc5cccc(C(F)(F)F)c5)no4)cnn23)CC1. The fourth-order valence-electron chi connectivity index (χ4n) is 4.30. The number of aromatic amines is 1. The van der Waals surface area contributed by atoms with Crippen LogP contribution in [0.5, 0.6) is 0 Å². The van der Waals surface area contributed by atoms with Crippen LogP contribution in [0.25, 0.3) is 17.1 Å². The van der Waals surface area contributed by atoms with Gasteiger partial charge in [-0.15, -0.1) is 0 Å². The lowest BCUT2D eigenvalue weighted by molar-refractivity contribution is -0.137. The lowest BCUT2D eigenvalue weighted by atomic mass is 9.93. The first-order valence-corrected chi connectivity index (χ1v) is 10.8. The number of benzene rings is 1. The number of fused-ring (bicyclic) bond motifs is 1. The summed E-state index contributed by atoms with van der Waals surface area (Å²) in [5.41, 5.74) is 0.593. The number of hydrogen-bond acceptors (Lipinski definition) is 6. The lowest BCUT2D eigenvalue weighted by Crippen LogP contribution is -2.37. The van der Waals surface area contributed by atoms with Crippen molar-refractivity contribution in [3.8, 4) is 11.5 Å². The number of piperidine rings is 1. The molecule has 10 nitrogen and oxygen atoms in total. The van der Waals surface area contributed by atoms with E-state index in [1.54, 1.807) is 10.6 Å². The van der Waals surface area contributed by atoms with Crippen LogP contribution in [-0.4, -0.2) is 53.9 Å². The Morgan fingerprint density at radius 3 is 2.71 bits per heavy atom. The molecule has 4 heterocycles. The van der Waals surface area contributed by atoms with Gasteiger partial charge in [0.1, 0.15) is 11.2 Å². The first-order valence-electron chi connectivity index (χ1n) is 10.8. The van der Waals surface area contributed by atoms with Gasteiger partial charge < -0.3 is 19.5 Å². The van der Waals surface area contributed by atoms with E-state index < -0.39 is 17.8 Å². The molecular weight excluding hydrogens is 469 g/mol. The van der Waals surface area contributed by atoms with Gasteiger partial charge in [-0.3, -0.25) is 4.79 Å². The molecule has 0 radical (unpaired) electrons. The highest BCUT2D eigenvalue weighted by Crippen LogP contribution is 2.31. The third-order valence-electron chi connectivity index (χ3n) is 6.03. The molecule has 1 saturated heterocycles. The molecule has 35 heavy (non-hydrogen) atoms. The van der Waals surface area contributed by atoms with Crippen molar-refractivity contribution in [2.45, 2.75) is 31.4 Å². The summed E-state index contributed by atoms with van der Waals surface area (Å²) in [5, 5.41) is 17.4. The Balaban J connectivity index is 1.42. The summed E-state index contributed by atoms with van der Waals surface area (Å²) in [6.07, 6.45) is -2.86. The largest absolute Gasteiger partial charge is 0.465 e. The first kappa shape index (κ1) is 22.6. The molecule has 2 N–H and O–H groups in total. The number of alkyl halides is 3. The number of amides is 1. The van der Waals surface area contributed by atoms with E-state index in [9.17, 15) is 22.8 Å². The first-order chi connectivity index (χ1) is 16.7. The fraction of sp³-hybridized carbons (Fsp3) is 0.318. The monoisotopic (exact) mass is 488 g/mol. The minimum Gasteiger partial charge on any atom is -0.465 e. The third kappa shape index (κ3) is 4.48. The number of nitrogens with one attached hydrogen (secondary N) is 1. The van der Waals surface area contributed by atoms with E-state index >= 15 is 0 Å². The maximum absolute atomic E-state index is 13.0. The minimum atomic E-state index is -4.46. The molecule has 182 valence electrons. The quantitative estimate of drug-likeness (QED) is 0.449. The van der Waals surface area contributed by atoms with Gasteiger partial charge in [0.15, 0.2) is 5.82 Å². The van der Waals surface area contributed by atoms with Crippen LogP contribution in [0.4, 0.5) is 18.0 Å². The molecule has 0 atom stereocenters.